The molecule has 1 aromatic heterocycles. The maximum atomic E-state index is 9.95. The van der Waals surface area contributed by atoms with E-state index in [0.717, 1.165) is 36.4 Å². The molecule has 0 spiro atoms. The topological polar surface area (TPSA) is 33.1 Å². The Balaban J connectivity index is 1.96. The molecule has 0 bridgehead atoms. The number of aromatic nitrogens is 1. The lowest BCUT2D eigenvalue weighted by atomic mass is 10.0. The first-order valence-corrected chi connectivity index (χ1v) is 7.36. The maximum absolute atomic E-state index is 9.95. The van der Waals surface area contributed by atoms with Gasteiger partial charge >= 0.3 is 0 Å². The van der Waals surface area contributed by atoms with Gasteiger partial charge in [-0.25, -0.2) is 4.98 Å². The maximum Gasteiger partial charge on any atom is 0.123 e. The number of aliphatic hydroxyl groups is 1. The molecule has 2 nitrogen and oxygen atoms in total. The second-order valence-corrected chi connectivity index (χ2v) is 5.87. The molecular formula is C15H17NOS. The van der Waals surface area contributed by atoms with Gasteiger partial charge in [0.2, 0.25) is 0 Å². The number of aliphatic hydroxyl groups excluding tert-OH is 1. The van der Waals surface area contributed by atoms with Gasteiger partial charge in [-0.2, -0.15) is 0 Å². The predicted octanol–water partition coefficient (Wildman–Crippen LogP) is 3.74. The van der Waals surface area contributed by atoms with Gasteiger partial charge in [0.25, 0.3) is 0 Å². The van der Waals surface area contributed by atoms with E-state index in [1.54, 1.807) is 11.3 Å². The fourth-order valence-corrected chi connectivity index (χ4v) is 3.57. The number of benzene rings is 1. The molecule has 3 rings (SSSR count). The number of rotatable bonds is 2. The number of hydrogen-bond acceptors (Lipinski definition) is 3. The normalized spacial score (nSPS) is 18.7. The van der Waals surface area contributed by atoms with Crippen LogP contribution in [0.2, 0.25) is 0 Å². The second kappa shape index (κ2) is 4.82. The Hall–Kier alpha value is -1.19. The quantitative estimate of drug-likeness (QED) is 0.891. The van der Waals surface area contributed by atoms with Gasteiger partial charge in [0.15, 0.2) is 0 Å². The lowest BCUT2D eigenvalue weighted by molar-refractivity contribution is 0.153. The number of nitrogens with zero attached hydrogens (tertiary/aromatic N) is 1. The Morgan fingerprint density at radius 1 is 1.33 bits per heavy atom. The number of fused-ring (bicyclic) bond motifs is 1. The highest BCUT2D eigenvalue weighted by molar-refractivity contribution is 7.15. The van der Waals surface area contributed by atoms with E-state index in [2.05, 4.69) is 36.2 Å². The highest BCUT2D eigenvalue weighted by atomic mass is 32.1. The summed E-state index contributed by atoms with van der Waals surface area (Å²) < 4.78 is 0. The molecule has 1 aliphatic carbocycles. The van der Waals surface area contributed by atoms with Crippen LogP contribution >= 0.6 is 11.3 Å². The van der Waals surface area contributed by atoms with E-state index in [-0.39, 0.29) is 6.10 Å². The third kappa shape index (κ3) is 2.08. The fraction of sp³-hybridized carbons (Fsp3) is 0.400. The van der Waals surface area contributed by atoms with E-state index in [0.29, 0.717) is 0 Å². The van der Waals surface area contributed by atoms with E-state index in [9.17, 15) is 5.11 Å². The van der Waals surface area contributed by atoms with Gasteiger partial charge in [-0.3, -0.25) is 0 Å². The molecule has 0 saturated carbocycles. The zero-order valence-corrected chi connectivity index (χ0v) is 11.3. The van der Waals surface area contributed by atoms with Gasteiger partial charge in [-0.05, 0) is 31.2 Å². The Morgan fingerprint density at radius 2 is 2.11 bits per heavy atom. The average molecular weight is 259 g/mol. The van der Waals surface area contributed by atoms with Crippen LogP contribution in [0.4, 0.5) is 0 Å². The van der Waals surface area contributed by atoms with Gasteiger partial charge in [0, 0.05) is 10.4 Å². The third-order valence-electron chi connectivity index (χ3n) is 3.53. The van der Waals surface area contributed by atoms with Crippen LogP contribution in [0.5, 0.6) is 0 Å². The Labute approximate surface area is 111 Å². The molecule has 1 aliphatic rings. The summed E-state index contributed by atoms with van der Waals surface area (Å²) in [5.74, 6) is 0. The van der Waals surface area contributed by atoms with Crippen molar-refractivity contribution in [2.75, 3.05) is 0 Å². The second-order valence-electron chi connectivity index (χ2n) is 4.79. The molecule has 0 fully saturated rings. The first-order valence-electron chi connectivity index (χ1n) is 6.55. The van der Waals surface area contributed by atoms with Crippen LogP contribution in [0.25, 0.3) is 10.6 Å². The minimum atomic E-state index is -0.353. The van der Waals surface area contributed by atoms with Crippen molar-refractivity contribution in [1.82, 2.24) is 4.98 Å². The molecule has 1 aromatic carbocycles. The van der Waals surface area contributed by atoms with E-state index in [4.69, 9.17) is 0 Å². The molecule has 94 valence electrons. The van der Waals surface area contributed by atoms with Crippen molar-refractivity contribution in [1.29, 1.82) is 0 Å². The molecule has 2 aromatic rings. The molecule has 0 radical (unpaired) electrons. The van der Waals surface area contributed by atoms with Crippen molar-refractivity contribution in [3.63, 3.8) is 0 Å². The van der Waals surface area contributed by atoms with Crippen LogP contribution in [0.3, 0.4) is 0 Å². The summed E-state index contributed by atoms with van der Waals surface area (Å²) in [5.41, 5.74) is 3.43. The first kappa shape index (κ1) is 11.9. The van der Waals surface area contributed by atoms with Crippen molar-refractivity contribution in [3.8, 4) is 10.6 Å². The van der Waals surface area contributed by atoms with Gasteiger partial charge in [0.1, 0.15) is 5.01 Å². The Morgan fingerprint density at radius 3 is 2.78 bits per heavy atom. The van der Waals surface area contributed by atoms with Crippen molar-refractivity contribution < 1.29 is 5.11 Å². The molecule has 1 N–H and O–H groups in total. The fourth-order valence-electron chi connectivity index (χ4n) is 2.40. The lowest BCUT2D eigenvalue weighted by Crippen LogP contribution is -2.07. The number of aryl methyl sites for hydroxylation is 2. The van der Waals surface area contributed by atoms with Crippen molar-refractivity contribution >= 4 is 11.3 Å². The molecule has 1 unspecified atom stereocenters. The Bertz CT molecular complexity index is 544. The molecule has 1 heterocycles. The summed E-state index contributed by atoms with van der Waals surface area (Å²) >= 11 is 1.73. The molecule has 0 saturated heterocycles. The van der Waals surface area contributed by atoms with Crippen LogP contribution in [0, 0.1) is 0 Å². The van der Waals surface area contributed by atoms with Gasteiger partial charge in [0.05, 0.1) is 11.8 Å². The van der Waals surface area contributed by atoms with Crippen molar-refractivity contribution in [3.05, 3.63) is 40.4 Å². The van der Waals surface area contributed by atoms with Gasteiger partial charge < -0.3 is 5.11 Å². The monoisotopic (exact) mass is 259 g/mol. The van der Waals surface area contributed by atoms with Crippen LogP contribution in [-0.4, -0.2) is 10.1 Å². The Kier molecular flexibility index (Phi) is 3.18. The molecule has 0 aliphatic heterocycles. The minimum Gasteiger partial charge on any atom is -0.387 e. The molecule has 18 heavy (non-hydrogen) atoms. The van der Waals surface area contributed by atoms with Crippen LogP contribution in [0.1, 0.15) is 42.0 Å². The SMILES string of the molecule is CCc1ccc(-c2nc3c(s2)CCCC3O)cc1. The summed E-state index contributed by atoms with van der Waals surface area (Å²) in [7, 11) is 0. The van der Waals surface area contributed by atoms with E-state index >= 15 is 0 Å². The highest BCUT2D eigenvalue weighted by Crippen LogP contribution is 2.36. The highest BCUT2D eigenvalue weighted by Gasteiger charge is 2.23. The van der Waals surface area contributed by atoms with Gasteiger partial charge in [-0.15, -0.1) is 11.3 Å². The minimum absolute atomic E-state index is 0.353. The number of hydrogen-bond donors (Lipinski definition) is 1. The van der Waals surface area contributed by atoms with Crippen LogP contribution in [-0.2, 0) is 12.8 Å². The number of thiazole rings is 1. The standard InChI is InChI=1S/C15H17NOS/c1-2-10-6-8-11(9-7-10)15-16-14-12(17)4-3-5-13(14)18-15/h6-9,12,17H,2-5H2,1H3. The summed E-state index contributed by atoms with van der Waals surface area (Å²) in [6.07, 6.45) is 3.70. The molecule has 1 atom stereocenters. The van der Waals surface area contributed by atoms with E-state index in [1.165, 1.54) is 16.0 Å². The van der Waals surface area contributed by atoms with E-state index in [1.807, 2.05) is 0 Å². The van der Waals surface area contributed by atoms with Crippen LogP contribution < -0.4 is 0 Å². The zero-order chi connectivity index (χ0) is 12.5. The summed E-state index contributed by atoms with van der Waals surface area (Å²) in [5, 5.41) is 11.0. The third-order valence-corrected chi connectivity index (χ3v) is 4.71. The summed E-state index contributed by atoms with van der Waals surface area (Å²) in [6, 6.07) is 8.59. The van der Waals surface area contributed by atoms with Crippen molar-refractivity contribution in [2.24, 2.45) is 0 Å². The smallest absolute Gasteiger partial charge is 0.123 e. The molecular weight excluding hydrogens is 242 g/mol. The van der Waals surface area contributed by atoms with Crippen LogP contribution in [0.15, 0.2) is 24.3 Å². The molecule has 0 amide bonds. The lowest BCUT2D eigenvalue weighted by Gasteiger charge is -2.14. The summed E-state index contributed by atoms with van der Waals surface area (Å²) in [4.78, 5) is 5.89. The zero-order valence-electron chi connectivity index (χ0n) is 10.5. The van der Waals surface area contributed by atoms with Gasteiger partial charge in [-0.1, -0.05) is 31.2 Å². The molecule has 3 heteroatoms. The average Bonchev–Trinajstić information content (AvgIpc) is 2.84. The van der Waals surface area contributed by atoms with Crippen molar-refractivity contribution in [2.45, 2.75) is 38.7 Å². The predicted molar refractivity (Wildman–Crippen MR) is 74.8 cm³/mol. The summed E-state index contributed by atoms with van der Waals surface area (Å²) in [6.45, 7) is 2.16. The largest absolute Gasteiger partial charge is 0.387 e. The van der Waals surface area contributed by atoms with E-state index < -0.39 is 0 Å². The first-order chi connectivity index (χ1) is 8.78.